The van der Waals surface area contributed by atoms with Crippen molar-refractivity contribution in [2.75, 3.05) is 7.05 Å². The van der Waals surface area contributed by atoms with E-state index in [4.69, 9.17) is 11.8 Å². The quantitative estimate of drug-likeness (QED) is 0.638. The van der Waals surface area contributed by atoms with Crippen LogP contribution in [0.4, 0.5) is 0 Å². The number of nitrogens with one attached hydrogen (secondary N) is 1. The van der Waals surface area contributed by atoms with Gasteiger partial charge in [-0.2, -0.15) is 0 Å². The standard InChI is InChI=1S/C12H16NPS/c1-11(7-6-10-13-2)14(15)12-8-4-3-5-9-12/h3-10,13-14H,1-2H3/b10-6-,11-7+. The third kappa shape index (κ3) is 4.03. The molecule has 3 heteroatoms. The Morgan fingerprint density at radius 2 is 2.00 bits per heavy atom. The van der Waals surface area contributed by atoms with Crippen LogP contribution >= 0.6 is 6.70 Å². The van der Waals surface area contributed by atoms with E-state index in [0.29, 0.717) is 0 Å². The van der Waals surface area contributed by atoms with E-state index in [1.165, 1.54) is 10.6 Å². The SMILES string of the molecule is CN/C=C\C=C(/C)[PH](=S)c1ccccc1. The molecule has 0 fully saturated rings. The van der Waals surface area contributed by atoms with Crippen molar-refractivity contribution in [1.29, 1.82) is 0 Å². The minimum Gasteiger partial charge on any atom is -0.394 e. The predicted octanol–water partition coefficient (Wildman–Crippen LogP) is 2.62. The van der Waals surface area contributed by atoms with E-state index in [1.54, 1.807) is 0 Å². The summed E-state index contributed by atoms with van der Waals surface area (Å²) in [7, 11) is 1.89. The molecule has 1 aromatic rings. The number of hydrogen-bond acceptors (Lipinski definition) is 2. The highest BCUT2D eigenvalue weighted by Gasteiger charge is 1.98. The average Bonchev–Trinajstić information content (AvgIpc) is 2.29. The van der Waals surface area contributed by atoms with Crippen molar-refractivity contribution in [3.05, 3.63) is 54.0 Å². The zero-order valence-corrected chi connectivity index (χ0v) is 10.8. The molecule has 0 saturated carbocycles. The molecule has 1 nitrogen and oxygen atoms in total. The first kappa shape index (κ1) is 12.2. The van der Waals surface area contributed by atoms with E-state index in [2.05, 4.69) is 30.4 Å². The zero-order valence-electron chi connectivity index (χ0n) is 9.03. The molecule has 0 aliphatic heterocycles. The lowest BCUT2D eigenvalue weighted by Crippen LogP contribution is -1.94. The van der Waals surface area contributed by atoms with E-state index in [9.17, 15) is 0 Å². The van der Waals surface area contributed by atoms with Gasteiger partial charge in [-0.25, -0.2) is 0 Å². The van der Waals surface area contributed by atoms with Gasteiger partial charge in [0, 0.05) is 7.05 Å². The van der Waals surface area contributed by atoms with Crippen LogP contribution in [-0.2, 0) is 11.8 Å². The van der Waals surface area contributed by atoms with Crippen LogP contribution in [0.2, 0.25) is 0 Å². The van der Waals surface area contributed by atoms with Gasteiger partial charge in [-0.1, -0.05) is 48.2 Å². The molecule has 0 saturated heterocycles. The second kappa shape index (κ2) is 6.60. The lowest BCUT2D eigenvalue weighted by Gasteiger charge is -2.04. The molecule has 0 aliphatic rings. The predicted molar refractivity (Wildman–Crippen MR) is 73.7 cm³/mol. The third-order valence-electron chi connectivity index (χ3n) is 2.00. The summed E-state index contributed by atoms with van der Waals surface area (Å²) in [5.74, 6) is 0. The fourth-order valence-corrected chi connectivity index (χ4v) is 2.99. The van der Waals surface area contributed by atoms with E-state index in [0.717, 1.165) is 0 Å². The Hall–Kier alpha value is -0.850. The smallest absolute Gasteiger partial charge is 0.00277 e. The molecule has 1 atom stereocenters. The highest BCUT2D eigenvalue weighted by atomic mass is 32.4. The fourth-order valence-electron chi connectivity index (χ4n) is 1.18. The first-order valence-corrected chi connectivity index (χ1v) is 7.49. The topological polar surface area (TPSA) is 12.0 Å². The second-order valence-electron chi connectivity index (χ2n) is 3.19. The molecule has 80 valence electrons. The van der Waals surface area contributed by atoms with Crippen LogP contribution in [0.3, 0.4) is 0 Å². The maximum atomic E-state index is 5.56. The molecule has 1 aromatic carbocycles. The van der Waals surface area contributed by atoms with Crippen LogP contribution < -0.4 is 10.6 Å². The summed E-state index contributed by atoms with van der Waals surface area (Å²) in [6.45, 7) is 1.15. The van der Waals surface area contributed by atoms with Crippen molar-refractivity contribution >= 4 is 23.8 Å². The molecule has 1 unspecified atom stereocenters. The monoisotopic (exact) mass is 237 g/mol. The number of allylic oxidation sites excluding steroid dienone is 3. The molecule has 1 N–H and O–H groups in total. The van der Waals surface area contributed by atoms with Gasteiger partial charge in [0.15, 0.2) is 0 Å². The molecule has 15 heavy (non-hydrogen) atoms. The molecule has 0 bridgehead atoms. The Balaban J connectivity index is 2.77. The van der Waals surface area contributed by atoms with Crippen LogP contribution in [0.5, 0.6) is 0 Å². The van der Waals surface area contributed by atoms with Gasteiger partial charge in [-0.05, 0) is 36.5 Å². The molecule has 1 rings (SSSR count). The molecule has 0 spiro atoms. The Kier molecular flexibility index (Phi) is 5.38. The molecule has 0 aliphatic carbocycles. The van der Waals surface area contributed by atoms with Gasteiger partial charge >= 0.3 is 0 Å². The van der Waals surface area contributed by atoms with E-state index in [1.807, 2.05) is 37.5 Å². The Morgan fingerprint density at radius 1 is 1.33 bits per heavy atom. The summed E-state index contributed by atoms with van der Waals surface area (Å²) < 4.78 is 0. The molecule has 0 aromatic heterocycles. The molecular weight excluding hydrogens is 221 g/mol. The average molecular weight is 237 g/mol. The van der Waals surface area contributed by atoms with Crippen LogP contribution in [0.1, 0.15) is 6.92 Å². The summed E-state index contributed by atoms with van der Waals surface area (Å²) in [5, 5.41) is 5.52. The van der Waals surface area contributed by atoms with E-state index < -0.39 is 6.70 Å². The van der Waals surface area contributed by atoms with Gasteiger partial charge in [-0.3, -0.25) is 0 Å². The summed E-state index contributed by atoms with van der Waals surface area (Å²) >= 11 is 5.56. The highest BCUT2D eigenvalue weighted by molar-refractivity contribution is 8.10. The summed E-state index contributed by atoms with van der Waals surface area (Å²) in [6, 6.07) is 10.3. The minimum absolute atomic E-state index is 0.960. The molecule has 0 amide bonds. The maximum absolute atomic E-state index is 5.56. The van der Waals surface area contributed by atoms with Crippen molar-refractivity contribution in [2.24, 2.45) is 0 Å². The number of hydrogen-bond donors (Lipinski definition) is 1. The molecule has 0 radical (unpaired) electrons. The van der Waals surface area contributed by atoms with Crippen molar-refractivity contribution < 1.29 is 0 Å². The highest BCUT2D eigenvalue weighted by Crippen LogP contribution is 2.30. The number of benzene rings is 1. The Bertz CT molecular complexity index is 382. The van der Waals surface area contributed by atoms with Gasteiger partial charge < -0.3 is 5.32 Å². The van der Waals surface area contributed by atoms with Crippen LogP contribution in [0, 0.1) is 0 Å². The lowest BCUT2D eigenvalue weighted by atomic mass is 10.4. The van der Waals surface area contributed by atoms with Crippen LogP contribution in [-0.4, -0.2) is 7.05 Å². The second-order valence-corrected chi connectivity index (χ2v) is 6.44. The first-order valence-electron chi connectivity index (χ1n) is 4.86. The molecular formula is C12H16NPS. The minimum atomic E-state index is -0.960. The van der Waals surface area contributed by atoms with Gasteiger partial charge in [0.1, 0.15) is 0 Å². The van der Waals surface area contributed by atoms with Gasteiger partial charge in [0.25, 0.3) is 0 Å². The fraction of sp³-hybridized carbons (Fsp3) is 0.167. The normalized spacial score (nSPS) is 14.1. The Morgan fingerprint density at radius 3 is 2.60 bits per heavy atom. The van der Waals surface area contributed by atoms with Gasteiger partial charge in [-0.15, -0.1) is 0 Å². The lowest BCUT2D eigenvalue weighted by molar-refractivity contribution is 1.10. The number of rotatable bonds is 4. The summed E-state index contributed by atoms with van der Waals surface area (Å²) in [5.41, 5.74) is 0. The third-order valence-corrected chi connectivity index (χ3v) is 5.42. The molecule has 0 heterocycles. The van der Waals surface area contributed by atoms with Gasteiger partial charge in [0.05, 0.1) is 0 Å². The Labute approximate surface area is 97.3 Å². The van der Waals surface area contributed by atoms with Crippen molar-refractivity contribution in [3.63, 3.8) is 0 Å². The van der Waals surface area contributed by atoms with Crippen LogP contribution in [0.25, 0.3) is 0 Å². The van der Waals surface area contributed by atoms with Crippen molar-refractivity contribution in [3.8, 4) is 0 Å². The van der Waals surface area contributed by atoms with E-state index >= 15 is 0 Å². The van der Waals surface area contributed by atoms with Crippen molar-refractivity contribution in [1.82, 2.24) is 5.32 Å². The van der Waals surface area contributed by atoms with Crippen LogP contribution in [0.15, 0.2) is 54.0 Å². The summed E-state index contributed by atoms with van der Waals surface area (Å²) in [4.78, 5) is 0. The van der Waals surface area contributed by atoms with Gasteiger partial charge in [0.2, 0.25) is 0 Å². The van der Waals surface area contributed by atoms with Crippen molar-refractivity contribution in [2.45, 2.75) is 6.92 Å². The van der Waals surface area contributed by atoms with E-state index in [-0.39, 0.29) is 0 Å². The first-order chi connectivity index (χ1) is 7.25. The zero-order chi connectivity index (χ0) is 11.1. The largest absolute Gasteiger partial charge is 0.394 e. The maximum Gasteiger partial charge on any atom is 0.00277 e. The summed E-state index contributed by atoms with van der Waals surface area (Å²) in [6.07, 6.45) is 5.99.